The molecule has 5 nitrogen and oxygen atoms in total. The Labute approximate surface area is 117 Å². The number of para-hydroxylation sites is 2. The van der Waals surface area contributed by atoms with Crippen molar-refractivity contribution in [3.05, 3.63) is 24.3 Å². The highest BCUT2D eigenvalue weighted by molar-refractivity contribution is 7.91. The average molecular weight is 303 g/mol. The van der Waals surface area contributed by atoms with Crippen molar-refractivity contribution in [1.82, 2.24) is 10.3 Å². The maximum absolute atomic E-state index is 12.4. The molecule has 0 aliphatic carbocycles. The van der Waals surface area contributed by atoms with Crippen LogP contribution in [0.4, 0.5) is 0 Å². The van der Waals surface area contributed by atoms with Crippen LogP contribution in [-0.2, 0) is 9.84 Å². The summed E-state index contributed by atoms with van der Waals surface area (Å²) in [6, 6.07) is 7.09. The van der Waals surface area contributed by atoms with Gasteiger partial charge in [-0.3, -0.25) is 0 Å². The molecule has 1 aromatic heterocycles. The first-order valence-corrected chi connectivity index (χ1v) is 7.53. The number of benzene rings is 1. The molecule has 1 aliphatic rings. The molecule has 2 aromatic rings. The highest BCUT2D eigenvalue weighted by Crippen LogP contribution is 2.25. The van der Waals surface area contributed by atoms with E-state index in [1.165, 1.54) is 0 Å². The average Bonchev–Trinajstić information content (AvgIpc) is 2.84. The third-order valence-electron chi connectivity index (χ3n) is 3.24. The van der Waals surface area contributed by atoms with Crippen molar-refractivity contribution in [2.45, 2.75) is 23.3 Å². The summed E-state index contributed by atoms with van der Waals surface area (Å²) in [4.78, 5) is 4.08. The zero-order valence-corrected chi connectivity index (χ0v) is 11.8. The van der Waals surface area contributed by atoms with Gasteiger partial charge in [-0.2, -0.15) is 4.98 Å². The fraction of sp³-hybridized carbons (Fsp3) is 0.417. The maximum atomic E-state index is 12.4. The van der Waals surface area contributed by atoms with Crippen LogP contribution >= 0.6 is 12.4 Å². The molecule has 1 N–H and O–H groups in total. The van der Waals surface area contributed by atoms with Crippen LogP contribution in [0.5, 0.6) is 0 Å². The van der Waals surface area contributed by atoms with Gasteiger partial charge in [0.15, 0.2) is 5.58 Å². The molecule has 2 heterocycles. The number of fused-ring (bicyclic) bond motifs is 1. The summed E-state index contributed by atoms with van der Waals surface area (Å²) < 4.78 is 30.1. The summed E-state index contributed by atoms with van der Waals surface area (Å²) in [6.07, 6.45) is 1.22. The van der Waals surface area contributed by atoms with E-state index in [1.54, 1.807) is 18.2 Å². The van der Waals surface area contributed by atoms with Crippen molar-refractivity contribution in [1.29, 1.82) is 0 Å². The summed E-state index contributed by atoms with van der Waals surface area (Å²) >= 11 is 0. The van der Waals surface area contributed by atoms with Crippen molar-refractivity contribution >= 4 is 33.3 Å². The number of rotatable bonds is 2. The third-order valence-corrected chi connectivity index (χ3v) is 5.25. The van der Waals surface area contributed by atoms with E-state index in [4.69, 9.17) is 4.42 Å². The summed E-state index contributed by atoms with van der Waals surface area (Å²) in [5, 5.41) is 2.62. The molecule has 7 heteroatoms. The van der Waals surface area contributed by atoms with Gasteiger partial charge in [0.1, 0.15) is 5.52 Å². The predicted molar refractivity (Wildman–Crippen MR) is 74.3 cm³/mol. The van der Waals surface area contributed by atoms with Crippen LogP contribution in [-0.4, -0.2) is 31.7 Å². The van der Waals surface area contributed by atoms with Crippen LogP contribution in [0.3, 0.4) is 0 Å². The number of aromatic nitrogens is 1. The van der Waals surface area contributed by atoms with E-state index in [9.17, 15) is 8.42 Å². The molecule has 104 valence electrons. The Morgan fingerprint density at radius 1 is 1.21 bits per heavy atom. The maximum Gasteiger partial charge on any atom is 0.316 e. The molecule has 1 fully saturated rings. The van der Waals surface area contributed by atoms with Gasteiger partial charge >= 0.3 is 5.22 Å². The Hall–Kier alpha value is -1.11. The fourth-order valence-electron chi connectivity index (χ4n) is 2.22. The zero-order chi connectivity index (χ0) is 12.6. The molecule has 0 unspecified atom stereocenters. The minimum Gasteiger partial charge on any atom is -0.428 e. The number of halogens is 1. The summed E-state index contributed by atoms with van der Waals surface area (Å²) in [5.41, 5.74) is 1.11. The lowest BCUT2D eigenvalue weighted by molar-refractivity contribution is 0.437. The molecule has 1 aliphatic heterocycles. The van der Waals surface area contributed by atoms with Crippen molar-refractivity contribution in [3.63, 3.8) is 0 Å². The first-order valence-electron chi connectivity index (χ1n) is 5.98. The topological polar surface area (TPSA) is 72.2 Å². The molecule has 0 spiro atoms. The Balaban J connectivity index is 0.00000133. The number of nitrogens with zero attached hydrogens (tertiary/aromatic N) is 1. The Morgan fingerprint density at radius 3 is 2.58 bits per heavy atom. The van der Waals surface area contributed by atoms with Crippen LogP contribution in [0.1, 0.15) is 12.8 Å². The van der Waals surface area contributed by atoms with Gasteiger partial charge in [0.05, 0.1) is 5.25 Å². The molecular weight excluding hydrogens is 288 g/mol. The number of hydrogen-bond acceptors (Lipinski definition) is 5. The summed E-state index contributed by atoms with van der Waals surface area (Å²) in [7, 11) is -3.44. The monoisotopic (exact) mass is 302 g/mol. The fourth-order valence-corrected chi connectivity index (χ4v) is 3.79. The molecule has 0 amide bonds. The van der Waals surface area contributed by atoms with Crippen molar-refractivity contribution < 1.29 is 12.8 Å². The second kappa shape index (κ2) is 5.48. The zero-order valence-electron chi connectivity index (χ0n) is 10.2. The Morgan fingerprint density at radius 2 is 1.89 bits per heavy atom. The molecule has 0 bridgehead atoms. The number of piperidine rings is 1. The molecule has 3 rings (SSSR count). The first kappa shape index (κ1) is 14.3. The van der Waals surface area contributed by atoms with E-state index in [-0.39, 0.29) is 22.9 Å². The minimum absolute atomic E-state index is 0. The van der Waals surface area contributed by atoms with E-state index in [0.29, 0.717) is 23.9 Å². The lowest BCUT2D eigenvalue weighted by Gasteiger charge is -2.20. The lowest BCUT2D eigenvalue weighted by atomic mass is 10.2. The van der Waals surface area contributed by atoms with Gasteiger partial charge in [0, 0.05) is 0 Å². The molecule has 1 saturated heterocycles. The predicted octanol–water partition coefficient (Wildman–Crippen LogP) is 1.78. The molecule has 0 saturated carbocycles. The summed E-state index contributed by atoms with van der Waals surface area (Å²) in [6.45, 7) is 1.45. The van der Waals surface area contributed by atoms with Crippen LogP contribution in [0.2, 0.25) is 0 Å². The largest absolute Gasteiger partial charge is 0.428 e. The Kier molecular flexibility index (Phi) is 4.13. The van der Waals surface area contributed by atoms with Gasteiger partial charge in [-0.05, 0) is 38.1 Å². The number of oxazole rings is 1. The van der Waals surface area contributed by atoms with E-state index < -0.39 is 9.84 Å². The molecule has 1 aromatic carbocycles. The van der Waals surface area contributed by atoms with E-state index >= 15 is 0 Å². The van der Waals surface area contributed by atoms with E-state index in [1.807, 2.05) is 6.07 Å². The second-order valence-electron chi connectivity index (χ2n) is 4.44. The first-order chi connectivity index (χ1) is 8.68. The SMILES string of the molecule is Cl.O=S(=O)(c1nc2ccccc2o1)C1CCNCC1. The van der Waals surface area contributed by atoms with Gasteiger partial charge in [-0.25, -0.2) is 8.42 Å². The van der Waals surface area contributed by atoms with Crippen LogP contribution in [0.25, 0.3) is 11.1 Å². The molecule has 0 atom stereocenters. The number of nitrogens with one attached hydrogen (secondary N) is 1. The molecular formula is C12H15ClN2O3S. The highest BCUT2D eigenvalue weighted by atomic mass is 35.5. The number of sulfone groups is 1. The highest BCUT2D eigenvalue weighted by Gasteiger charge is 2.33. The van der Waals surface area contributed by atoms with E-state index in [0.717, 1.165) is 13.1 Å². The van der Waals surface area contributed by atoms with Gasteiger partial charge in [0.25, 0.3) is 0 Å². The molecule has 19 heavy (non-hydrogen) atoms. The van der Waals surface area contributed by atoms with Crippen LogP contribution < -0.4 is 5.32 Å². The van der Waals surface area contributed by atoms with Crippen molar-refractivity contribution in [3.8, 4) is 0 Å². The van der Waals surface area contributed by atoms with Gasteiger partial charge in [0.2, 0.25) is 9.84 Å². The minimum atomic E-state index is -3.44. The van der Waals surface area contributed by atoms with E-state index in [2.05, 4.69) is 10.3 Å². The second-order valence-corrected chi connectivity index (χ2v) is 6.55. The normalized spacial score (nSPS) is 17.3. The third kappa shape index (κ3) is 2.61. The molecule has 0 radical (unpaired) electrons. The smallest absolute Gasteiger partial charge is 0.316 e. The summed E-state index contributed by atoms with van der Waals surface area (Å²) in [5.74, 6) is 0. The van der Waals surface area contributed by atoms with Crippen molar-refractivity contribution in [2.24, 2.45) is 0 Å². The standard InChI is InChI=1S/C12H14N2O3S.ClH/c15-18(16,9-5-7-13-8-6-9)12-14-10-3-1-2-4-11(10)17-12;/h1-4,9,13H,5-8H2;1H. The van der Waals surface area contributed by atoms with Crippen LogP contribution in [0.15, 0.2) is 33.9 Å². The van der Waals surface area contributed by atoms with Gasteiger partial charge in [-0.1, -0.05) is 12.1 Å². The van der Waals surface area contributed by atoms with Gasteiger partial charge in [-0.15, -0.1) is 12.4 Å². The van der Waals surface area contributed by atoms with Crippen molar-refractivity contribution in [2.75, 3.05) is 13.1 Å². The Bertz CT molecular complexity index is 629. The quantitative estimate of drug-likeness (QED) is 0.915. The number of hydrogen-bond donors (Lipinski definition) is 1. The lowest BCUT2D eigenvalue weighted by Crippen LogP contribution is -2.35. The van der Waals surface area contributed by atoms with Crippen LogP contribution in [0, 0.1) is 0 Å². The van der Waals surface area contributed by atoms with Gasteiger partial charge < -0.3 is 9.73 Å².